The van der Waals surface area contributed by atoms with Gasteiger partial charge in [0.25, 0.3) is 0 Å². The van der Waals surface area contributed by atoms with Crippen molar-refractivity contribution >= 4 is 15.9 Å². The molecule has 0 aromatic carbocycles. The van der Waals surface area contributed by atoms with Crippen molar-refractivity contribution in [1.82, 2.24) is 0 Å². The molecule has 0 nitrogen and oxygen atoms in total. The van der Waals surface area contributed by atoms with Crippen LogP contribution in [0.4, 0.5) is 0 Å². The highest BCUT2D eigenvalue weighted by Gasteiger charge is 1.93. The first-order valence-corrected chi connectivity index (χ1v) is 4.83. The van der Waals surface area contributed by atoms with Gasteiger partial charge in [0, 0.05) is 4.83 Å². The molecule has 0 rings (SSSR count). The maximum atomic E-state index is 3.53. The minimum absolute atomic E-state index is 0.717. The molecular weight excluding hydrogens is 176 g/mol. The van der Waals surface area contributed by atoms with Gasteiger partial charge in [-0.2, -0.15) is 0 Å². The van der Waals surface area contributed by atoms with E-state index in [4.69, 9.17) is 0 Å². The molecule has 0 fully saturated rings. The van der Waals surface area contributed by atoms with Crippen molar-refractivity contribution < 1.29 is 0 Å². The normalized spacial score (nSPS) is 13.7. The van der Waals surface area contributed by atoms with Crippen LogP contribution in [0.5, 0.6) is 0 Å². The predicted octanol–water partition coefficient (Wildman–Crippen LogP) is 3.74. The van der Waals surface area contributed by atoms with Crippen molar-refractivity contribution in [2.24, 2.45) is 0 Å². The summed E-state index contributed by atoms with van der Waals surface area (Å²) >= 11 is 3.53. The van der Waals surface area contributed by atoms with Gasteiger partial charge in [0.1, 0.15) is 0 Å². The second-order valence-electron chi connectivity index (χ2n) is 2.63. The van der Waals surface area contributed by atoms with E-state index in [0.29, 0.717) is 4.83 Å². The molecule has 0 saturated heterocycles. The van der Waals surface area contributed by atoms with E-state index < -0.39 is 0 Å². The Labute approximate surface area is 67.2 Å². The number of halogens is 1. The van der Waals surface area contributed by atoms with Crippen LogP contribution < -0.4 is 0 Å². The lowest BCUT2D eigenvalue weighted by molar-refractivity contribution is 0.633. The smallest absolute Gasteiger partial charge is 0.0117 e. The number of alkyl halides is 1. The predicted molar refractivity (Wildman–Crippen MR) is 47.1 cm³/mol. The molecular formula is C8H17Br. The molecule has 0 unspecified atom stereocenters. The van der Waals surface area contributed by atoms with Gasteiger partial charge in [-0.3, -0.25) is 0 Å². The monoisotopic (exact) mass is 192 g/mol. The second-order valence-corrected chi connectivity index (χ2v) is 4.19. The Balaban J connectivity index is 2.75. The Morgan fingerprint density at radius 3 is 2.33 bits per heavy atom. The molecule has 0 amide bonds. The highest BCUT2D eigenvalue weighted by molar-refractivity contribution is 9.09. The molecule has 1 atom stereocenters. The molecule has 0 radical (unpaired) electrons. The molecule has 1 heteroatoms. The zero-order chi connectivity index (χ0) is 7.11. The summed E-state index contributed by atoms with van der Waals surface area (Å²) in [6.45, 7) is 4.46. The van der Waals surface area contributed by atoms with Crippen LogP contribution in [0, 0.1) is 0 Å². The van der Waals surface area contributed by atoms with Crippen molar-refractivity contribution in [3.05, 3.63) is 0 Å². The van der Waals surface area contributed by atoms with Gasteiger partial charge in [-0.05, 0) is 6.42 Å². The largest absolute Gasteiger partial charge is 0.0894 e. The fourth-order valence-electron chi connectivity index (χ4n) is 0.852. The SMILES string of the molecule is CCCCCC[C@H](C)Br. The molecule has 0 spiro atoms. The summed E-state index contributed by atoms with van der Waals surface area (Å²) in [5.74, 6) is 0. The minimum atomic E-state index is 0.717. The Bertz CT molecular complexity index is 50.5. The number of hydrogen-bond donors (Lipinski definition) is 0. The maximum Gasteiger partial charge on any atom is 0.0117 e. The summed E-state index contributed by atoms with van der Waals surface area (Å²) < 4.78 is 0. The third-order valence-corrected chi connectivity index (χ3v) is 1.91. The summed E-state index contributed by atoms with van der Waals surface area (Å²) in [6.07, 6.45) is 6.88. The van der Waals surface area contributed by atoms with Gasteiger partial charge in [0.15, 0.2) is 0 Å². The van der Waals surface area contributed by atoms with E-state index in [0.717, 1.165) is 0 Å². The van der Waals surface area contributed by atoms with Crippen molar-refractivity contribution in [2.75, 3.05) is 0 Å². The van der Waals surface area contributed by atoms with Crippen LogP contribution in [0.3, 0.4) is 0 Å². The van der Waals surface area contributed by atoms with Gasteiger partial charge < -0.3 is 0 Å². The van der Waals surface area contributed by atoms with Gasteiger partial charge in [0.2, 0.25) is 0 Å². The summed E-state index contributed by atoms with van der Waals surface area (Å²) in [7, 11) is 0. The molecule has 0 aromatic heterocycles. The lowest BCUT2D eigenvalue weighted by Crippen LogP contribution is -1.88. The average molecular weight is 193 g/mol. The van der Waals surface area contributed by atoms with Crippen LogP contribution >= 0.6 is 15.9 Å². The lowest BCUT2D eigenvalue weighted by atomic mass is 10.1. The summed E-state index contributed by atoms with van der Waals surface area (Å²) in [5.41, 5.74) is 0. The molecule has 56 valence electrons. The molecule has 0 bridgehead atoms. The first-order valence-electron chi connectivity index (χ1n) is 3.91. The molecule has 0 saturated carbocycles. The van der Waals surface area contributed by atoms with Gasteiger partial charge in [-0.15, -0.1) is 0 Å². The molecule has 0 N–H and O–H groups in total. The first kappa shape index (κ1) is 9.48. The standard InChI is InChI=1S/C8H17Br/c1-3-4-5-6-7-8(2)9/h8H,3-7H2,1-2H3/t8-/m0/s1. The van der Waals surface area contributed by atoms with Crippen LogP contribution in [0.15, 0.2) is 0 Å². The van der Waals surface area contributed by atoms with Crippen LogP contribution in [0.25, 0.3) is 0 Å². The molecule has 0 aliphatic carbocycles. The molecule has 9 heavy (non-hydrogen) atoms. The molecule has 0 aliphatic rings. The third kappa shape index (κ3) is 8.48. The van der Waals surface area contributed by atoms with Crippen molar-refractivity contribution in [1.29, 1.82) is 0 Å². The van der Waals surface area contributed by atoms with Gasteiger partial charge in [-0.1, -0.05) is 55.5 Å². The highest BCUT2D eigenvalue weighted by atomic mass is 79.9. The van der Waals surface area contributed by atoms with E-state index in [1.165, 1.54) is 32.1 Å². The Kier molecular flexibility index (Phi) is 6.95. The van der Waals surface area contributed by atoms with Crippen LogP contribution in [0.1, 0.15) is 46.0 Å². The van der Waals surface area contributed by atoms with E-state index in [2.05, 4.69) is 29.8 Å². The van der Waals surface area contributed by atoms with Crippen molar-refractivity contribution in [3.8, 4) is 0 Å². The van der Waals surface area contributed by atoms with E-state index in [1.54, 1.807) is 0 Å². The van der Waals surface area contributed by atoms with E-state index in [1.807, 2.05) is 0 Å². The summed E-state index contributed by atoms with van der Waals surface area (Å²) in [6, 6.07) is 0. The second kappa shape index (κ2) is 6.60. The fraction of sp³-hybridized carbons (Fsp3) is 1.00. The maximum absolute atomic E-state index is 3.53. The lowest BCUT2D eigenvalue weighted by Gasteiger charge is -2.00. The highest BCUT2D eigenvalue weighted by Crippen LogP contribution is 2.10. The Hall–Kier alpha value is 0.480. The van der Waals surface area contributed by atoms with Crippen molar-refractivity contribution in [3.63, 3.8) is 0 Å². The summed E-state index contributed by atoms with van der Waals surface area (Å²) in [4.78, 5) is 0.717. The van der Waals surface area contributed by atoms with Gasteiger partial charge in [-0.25, -0.2) is 0 Å². The number of rotatable bonds is 5. The number of hydrogen-bond acceptors (Lipinski definition) is 0. The van der Waals surface area contributed by atoms with Crippen LogP contribution in [-0.4, -0.2) is 4.83 Å². The zero-order valence-electron chi connectivity index (χ0n) is 6.49. The average Bonchev–Trinajstić information content (AvgIpc) is 1.80. The summed E-state index contributed by atoms with van der Waals surface area (Å²) in [5, 5.41) is 0. The molecule has 0 heterocycles. The van der Waals surface area contributed by atoms with E-state index in [-0.39, 0.29) is 0 Å². The quantitative estimate of drug-likeness (QED) is 0.460. The molecule has 0 aromatic rings. The van der Waals surface area contributed by atoms with Gasteiger partial charge in [0.05, 0.1) is 0 Å². The number of unbranched alkanes of at least 4 members (excludes halogenated alkanes) is 3. The van der Waals surface area contributed by atoms with Crippen LogP contribution in [-0.2, 0) is 0 Å². The third-order valence-electron chi connectivity index (χ3n) is 1.46. The fourth-order valence-corrected chi connectivity index (χ4v) is 1.18. The topological polar surface area (TPSA) is 0 Å². The molecule has 0 aliphatic heterocycles. The first-order chi connectivity index (χ1) is 4.27. The van der Waals surface area contributed by atoms with E-state index >= 15 is 0 Å². The van der Waals surface area contributed by atoms with Gasteiger partial charge >= 0.3 is 0 Å². The van der Waals surface area contributed by atoms with Crippen molar-refractivity contribution in [2.45, 2.75) is 50.8 Å². The Morgan fingerprint density at radius 1 is 1.22 bits per heavy atom. The Morgan fingerprint density at radius 2 is 1.89 bits per heavy atom. The van der Waals surface area contributed by atoms with Crippen LogP contribution in [0.2, 0.25) is 0 Å². The minimum Gasteiger partial charge on any atom is -0.0894 e. The van der Waals surface area contributed by atoms with E-state index in [9.17, 15) is 0 Å². The zero-order valence-corrected chi connectivity index (χ0v) is 8.08.